The number of carbonyl (C=O) groups is 1. The second-order valence-corrected chi connectivity index (χ2v) is 11.9. The van der Waals surface area contributed by atoms with Crippen LogP contribution >= 0.6 is 0 Å². The van der Waals surface area contributed by atoms with E-state index >= 15 is 0 Å². The number of carbonyl (C=O) groups excluding carboxylic acids is 1. The van der Waals surface area contributed by atoms with Crippen LogP contribution in [0.25, 0.3) is 11.5 Å². The molecule has 0 aliphatic carbocycles. The van der Waals surface area contributed by atoms with Gasteiger partial charge in [-0.3, -0.25) is 9.69 Å². The van der Waals surface area contributed by atoms with Crippen LogP contribution in [0.5, 0.6) is 0 Å². The summed E-state index contributed by atoms with van der Waals surface area (Å²) in [6, 6.07) is 8.76. The Labute approximate surface area is 223 Å². The van der Waals surface area contributed by atoms with E-state index in [1.54, 1.807) is 4.90 Å². The van der Waals surface area contributed by atoms with Gasteiger partial charge in [-0.25, -0.2) is 15.2 Å². The summed E-state index contributed by atoms with van der Waals surface area (Å²) in [6.07, 6.45) is 7.20. The van der Waals surface area contributed by atoms with Crippen LogP contribution in [0.3, 0.4) is 0 Å². The molecule has 0 radical (unpaired) electrons. The van der Waals surface area contributed by atoms with E-state index in [0.29, 0.717) is 42.0 Å². The molecular formula is C28H31BN8O. The number of aromatic nitrogens is 5. The minimum atomic E-state index is -0.179. The van der Waals surface area contributed by atoms with E-state index in [0.717, 1.165) is 41.6 Å². The quantitative estimate of drug-likeness (QED) is 0.482. The fraction of sp³-hybridized carbons (Fsp3) is 0.500. The van der Waals surface area contributed by atoms with Crippen LogP contribution in [0.15, 0.2) is 24.3 Å². The topological polar surface area (TPSA) is 104 Å². The van der Waals surface area contributed by atoms with Gasteiger partial charge < -0.3 is 9.47 Å². The third-order valence-electron chi connectivity index (χ3n) is 8.96. The molecule has 0 aromatic carbocycles. The van der Waals surface area contributed by atoms with Gasteiger partial charge in [0.1, 0.15) is 23.2 Å². The van der Waals surface area contributed by atoms with Gasteiger partial charge in [-0.05, 0) is 70.5 Å². The Balaban J connectivity index is 1.26. The van der Waals surface area contributed by atoms with E-state index in [4.69, 9.17) is 9.97 Å². The highest BCUT2D eigenvalue weighted by Crippen LogP contribution is 2.42. The van der Waals surface area contributed by atoms with E-state index in [1.165, 1.54) is 25.7 Å². The third kappa shape index (κ3) is 3.48. The number of rotatable bonds is 5. The number of fused-ring (bicyclic) bond motifs is 4. The summed E-state index contributed by atoms with van der Waals surface area (Å²) in [5, 5.41) is 18.4. The van der Waals surface area contributed by atoms with Gasteiger partial charge in [0.2, 0.25) is 0 Å². The Morgan fingerprint density at radius 2 is 1.87 bits per heavy atom. The molecular weight excluding hydrogens is 475 g/mol. The zero-order valence-corrected chi connectivity index (χ0v) is 22.2. The number of anilines is 2. The molecule has 38 heavy (non-hydrogen) atoms. The summed E-state index contributed by atoms with van der Waals surface area (Å²) >= 11 is 0. The van der Waals surface area contributed by atoms with E-state index in [-0.39, 0.29) is 18.2 Å². The minimum Gasteiger partial charge on any atom is -0.351 e. The lowest BCUT2D eigenvalue weighted by Crippen LogP contribution is -2.30. The molecule has 0 atom stereocenters. The van der Waals surface area contributed by atoms with Crippen molar-refractivity contribution >= 4 is 24.3 Å². The number of hydrogen-bond acceptors (Lipinski definition) is 7. The van der Waals surface area contributed by atoms with Crippen LogP contribution < -0.4 is 9.80 Å². The summed E-state index contributed by atoms with van der Waals surface area (Å²) in [5.74, 6) is 5.50. The van der Waals surface area contributed by atoms with Crippen molar-refractivity contribution in [3.8, 4) is 17.5 Å². The maximum absolute atomic E-state index is 13.9. The molecule has 9 nitrogen and oxygen atoms in total. The van der Waals surface area contributed by atoms with Crippen LogP contribution in [-0.4, -0.2) is 49.4 Å². The van der Waals surface area contributed by atoms with Crippen LogP contribution in [0.1, 0.15) is 73.4 Å². The molecule has 7 rings (SSSR count). The first-order chi connectivity index (χ1) is 18.3. The number of nitriles is 1. The van der Waals surface area contributed by atoms with Crippen molar-refractivity contribution in [3.63, 3.8) is 0 Å². The first-order valence-electron chi connectivity index (χ1n) is 13.8. The molecule has 0 spiro atoms. The Morgan fingerprint density at radius 1 is 1.11 bits per heavy atom. The number of pyridine rings is 2. The monoisotopic (exact) mass is 506 g/mol. The molecule has 4 aliphatic rings. The highest BCUT2D eigenvalue weighted by molar-refractivity contribution is 6.64. The smallest absolute Gasteiger partial charge is 0.270 e. The summed E-state index contributed by atoms with van der Waals surface area (Å²) in [4.78, 5) is 28.1. The summed E-state index contributed by atoms with van der Waals surface area (Å²) in [6.45, 7) is 6.53. The van der Waals surface area contributed by atoms with E-state index in [2.05, 4.69) is 39.5 Å². The Bertz CT molecular complexity index is 1490. The Hall–Kier alpha value is -3.74. The molecule has 0 N–H and O–H groups in total. The summed E-state index contributed by atoms with van der Waals surface area (Å²) in [5.41, 5.74) is 3.12. The number of aryl methyl sites for hydroxylation is 1. The fourth-order valence-electron chi connectivity index (χ4n) is 6.97. The molecule has 2 bridgehead atoms. The second-order valence-electron chi connectivity index (χ2n) is 11.9. The lowest BCUT2D eigenvalue weighted by Gasteiger charge is -2.24. The van der Waals surface area contributed by atoms with Gasteiger partial charge >= 0.3 is 0 Å². The standard InChI is InChI=1S/C28H31BN8O/c1-28(2)12-11-24-33-34-26(37(24)28)21-5-4-6-23(31-21)35-15-20-19(27(35)38)13-25(32-22(20)14-29(3)16-30)36-17-7-8-18(36)10-9-17/h4-6,13,17-18H,7-12,14-15H2,1-3H3. The van der Waals surface area contributed by atoms with Crippen molar-refractivity contribution in [1.82, 2.24) is 24.7 Å². The van der Waals surface area contributed by atoms with Crippen molar-refractivity contribution in [3.05, 3.63) is 46.9 Å². The normalized spacial score (nSPS) is 22.6. The van der Waals surface area contributed by atoms with Crippen LogP contribution in [-0.2, 0) is 24.8 Å². The molecule has 2 fully saturated rings. The van der Waals surface area contributed by atoms with Gasteiger partial charge in [-0.2, -0.15) is 0 Å². The van der Waals surface area contributed by atoms with E-state index < -0.39 is 0 Å². The van der Waals surface area contributed by atoms with Gasteiger partial charge in [0.25, 0.3) is 12.6 Å². The molecule has 7 heterocycles. The lowest BCUT2D eigenvalue weighted by molar-refractivity contribution is 0.0996. The average molecular weight is 506 g/mol. The predicted molar refractivity (Wildman–Crippen MR) is 145 cm³/mol. The highest BCUT2D eigenvalue weighted by atomic mass is 16.2. The molecule has 192 valence electrons. The van der Waals surface area contributed by atoms with Gasteiger partial charge in [-0.15, -0.1) is 10.2 Å². The Morgan fingerprint density at radius 3 is 2.61 bits per heavy atom. The van der Waals surface area contributed by atoms with Crippen LogP contribution in [0, 0.1) is 11.2 Å². The second kappa shape index (κ2) is 8.38. The molecule has 3 aromatic heterocycles. The Kier molecular flexibility index (Phi) is 5.16. The van der Waals surface area contributed by atoms with E-state index in [9.17, 15) is 10.1 Å². The van der Waals surface area contributed by atoms with Gasteiger partial charge in [0.05, 0.1) is 12.1 Å². The number of hydrogen-bond donors (Lipinski definition) is 0. The largest absolute Gasteiger partial charge is 0.351 e. The van der Waals surface area contributed by atoms with Crippen molar-refractivity contribution < 1.29 is 4.79 Å². The van der Waals surface area contributed by atoms with Crippen molar-refractivity contribution in [2.75, 3.05) is 9.80 Å². The average Bonchev–Trinajstić information content (AvgIpc) is 3.73. The third-order valence-corrected chi connectivity index (χ3v) is 8.96. The van der Waals surface area contributed by atoms with Crippen LogP contribution in [0.4, 0.5) is 11.6 Å². The SMILES string of the molecule is CB(C#N)Cc1nc(N2C3CCC2CC3)cc2c1CN(c1cccc(-c3nnc4n3C(C)(C)CC4)n1)C2=O. The predicted octanol–water partition coefficient (Wildman–Crippen LogP) is 3.98. The molecule has 3 aromatic rings. The highest BCUT2D eigenvalue weighted by Gasteiger charge is 2.42. The maximum Gasteiger partial charge on any atom is 0.270 e. The van der Waals surface area contributed by atoms with Crippen molar-refractivity contribution in [2.45, 2.75) is 89.7 Å². The van der Waals surface area contributed by atoms with Gasteiger partial charge in [-0.1, -0.05) is 12.9 Å². The molecule has 0 saturated carbocycles. The number of nitrogens with zero attached hydrogens (tertiary/aromatic N) is 8. The van der Waals surface area contributed by atoms with Gasteiger partial charge in [0, 0.05) is 41.3 Å². The first kappa shape index (κ1) is 23.4. The van der Waals surface area contributed by atoms with E-state index in [1.807, 2.05) is 31.1 Å². The fourth-order valence-corrected chi connectivity index (χ4v) is 6.97. The van der Waals surface area contributed by atoms with Gasteiger partial charge in [0.15, 0.2) is 5.82 Å². The molecule has 4 aliphatic heterocycles. The van der Waals surface area contributed by atoms with Crippen LogP contribution in [0.2, 0.25) is 6.82 Å². The zero-order chi connectivity index (χ0) is 26.2. The van der Waals surface area contributed by atoms with Crippen molar-refractivity contribution in [1.29, 1.82) is 5.26 Å². The molecule has 2 saturated heterocycles. The maximum atomic E-state index is 13.9. The summed E-state index contributed by atoms with van der Waals surface area (Å²) < 4.78 is 2.18. The number of amides is 1. The molecule has 0 unspecified atom stereocenters. The molecule has 10 heteroatoms. The minimum absolute atomic E-state index is 0.0579. The zero-order valence-electron chi connectivity index (χ0n) is 22.2. The lowest BCUT2D eigenvalue weighted by atomic mass is 9.50. The first-order valence-corrected chi connectivity index (χ1v) is 13.8. The molecule has 1 amide bonds. The van der Waals surface area contributed by atoms with Crippen molar-refractivity contribution in [2.24, 2.45) is 0 Å². The summed E-state index contributed by atoms with van der Waals surface area (Å²) in [7, 11) is 0.